The molecule has 15 heavy (non-hydrogen) atoms. The molecule has 1 aromatic carbocycles. The van der Waals surface area contributed by atoms with E-state index in [4.69, 9.17) is 0 Å². The van der Waals surface area contributed by atoms with E-state index in [0.29, 0.717) is 0 Å². The van der Waals surface area contributed by atoms with Gasteiger partial charge in [0.2, 0.25) is 0 Å². The van der Waals surface area contributed by atoms with Crippen LogP contribution in [0.3, 0.4) is 0 Å². The fraction of sp³-hybridized carbons (Fsp3) is 0.231. The molecule has 0 aliphatic heterocycles. The van der Waals surface area contributed by atoms with E-state index in [1.165, 1.54) is 5.56 Å². The van der Waals surface area contributed by atoms with Crippen LogP contribution in [-0.4, -0.2) is 9.97 Å². The highest BCUT2D eigenvalue weighted by molar-refractivity contribution is 5.58. The summed E-state index contributed by atoms with van der Waals surface area (Å²) >= 11 is 0. The largest absolute Gasteiger partial charge is 0.261 e. The van der Waals surface area contributed by atoms with Gasteiger partial charge in [0.15, 0.2) is 0 Å². The van der Waals surface area contributed by atoms with Crippen LogP contribution >= 0.6 is 0 Å². The Labute approximate surface area is 91.0 Å². The molecule has 0 unspecified atom stereocenters. The van der Waals surface area contributed by atoms with Gasteiger partial charge in [0.25, 0.3) is 0 Å². The first-order valence-corrected chi connectivity index (χ1v) is 5.19. The molecule has 0 aliphatic rings. The average Bonchev–Trinajstić information content (AvgIpc) is 2.33. The summed E-state index contributed by atoms with van der Waals surface area (Å²) in [7, 11) is 0. The lowest BCUT2D eigenvalue weighted by molar-refractivity contribution is 1.20. The number of rotatable bonds is 1. The zero-order valence-corrected chi connectivity index (χ0v) is 9.44. The van der Waals surface area contributed by atoms with Crippen molar-refractivity contribution in [1.82, 2.24) is 9.97 Å². The summed E-state index contributed by atoms with van der Waals surface area (Å²) < 4.78 is 0. The summed E-state index contributed by atoms with van der Waals surface area (Å²) in [6.45, 7) is 6.07. The van der Waals surface area contributed by atoms with Gasteiger partial charge in [-0.1, -0.05) is 37.6 Å². The molecule has 0 atom stereocenters. The van der Waals surface area contributed by atoms with E-state index >= 15 is 0 Å². The van der Waals surface area contributed by atoms with Gasteiger partial charge in [-0.3, -0.25) is 9.97 Å². The molecule has 2 rings (SSSR count). The van der Waals surface area contributed by atoms with Gasteiger partial charge < -0.3 is 0 Å². The first kappa shape index (κ1) is 11.4. The van der Waals surface area contributed by atoms with Gasteiger partial charge in [-0.15, -0.1) is 0 Å². The van der Waals surface area contributed by atoms with Crippen LogP contribution in [-0.2, 0) is 0 Å². The number of hydrogen-bond acceptors (Lipinski definition) is 2. The Bertz CT molecular complexity index is 396. The zero-order chi connectivity index (χ0) is 11.1. The van der Waals surface area contributed by atoms with E-state index in [0.717, 1.165) is 11.3 Å². The second-order valence-electron chi connectivity index (χ2n) is 2.96. The minimum atomic E-state index is 0.922. The molecule has 0 aliphatic carbocycles. The molecule has 2 nitrogen and oxygen atoms in total. The number of aromatic nitrogens is 2. The molecule has 0 amide bonds. The van der Waals surface area contributed by atoms with Crippen molar-refractivity contribution in [3.05, 3.63) is 48.4 Å². The van der Waals surface area contributed by atoms with Crippen LogP contribution in [0.2, 0.25) is 0 Å². The van der Waals surface area contributed by atoms with Crippen LogP contribution in [0.1, 0.15) is 19.4 Å². The van der Waals surface area contributed by atoms with Crippen molar-refractivity contribution in [2.24, 2.45) is 0 Å². The summed E-state index contributed by atoms with van der Waals surface area (Å²) in [5.41, 5.74) is 3.28. The van der Waals surface area contributed by atoms with Gasteiger partial charge in [-0.25, -0.2) is 0 Å². The van der Waals surface area contributed by atoms with E-state index < -0.39 is 0 Å². The van der Waals surface area contributed by atoms with Crippen molar-refractivity contribution >= 4 is 0 Å². The van der Waals surface area contributed by atoms with Crippen LogP contribution in [0.4, 0.5) is 0 Å². The maximum absolute atomic E-state index is 4.23. The first-order valence-electron chi connectivity index (χ1n) is 5.19. The molecule has 1 aromatic heterocycles. The third kappa shape index (κ3) is 3.17. The third-order valence-corrected chi connectivity index (χ3v) is 1.88. The van der Waals surface area contributed by atoms with Crippen LogP contribution in [0, 0.1) is 6.92 Å². The number of aryl methyl sites for hydroxylation is 1. The van der Waals surface area contributed by atoms with Crippen molar-refractivity contribution in [3.8, 4) is 11.3 Å². The molecule has 0 bridgehead atoms. The Morgan fingerprint density at radius 3 is 2.47 bits per heavy atom. The van der Waals surface area contributed by atoms with Gasteiger partial charge in [0.1, 0.15) is 0 Å². The maximum atomic E-state index is 4.23. The Morgan fingerprint density at radius 1 is 1.07 bits per heavy atom. The van der Waals surface area contributed by atoms with Crippen molar-refractivity contribution in [2.75, 3.05) is 0 Å². The second-order valence-corrected chi connectivity index (χ2v) is 2.96. The summed E-state index contributed by atoms with van der Waals surface area (Å²) in [4.78, 5) is 8.26. The highest BCUT2D eigenvalue weighted by Crippen LogP contribution is 2.15. The van der Waals surface area contributed by atoms with Crippen LogP contribution in [0.5, 0.6) is 0 Å². The smallest absolute Gasteiger partial charge is 0.0885 e. The molecule has 0 saturated heterocycles. The van der Waals surface area contributed by atoms with Gasteiger partial charge in [-0.05, 0) is 13.0 Å². The Kier molecular flexibility index (Phi) is 4.48. The quantitative estimate of drug-likeness (QED) is 0.704. The topological polar surface area (TPSA) is 25.8 Å². The monoisotopic (exact) mass is 200 g/mol. The average molecular weight is 200 g/mol. The lowest BCUT2D eigenvalue weighted by Gasteiger charge is -1.99. The second kappa shape index (κ2) is 5.91. The number of hydrogen-bond donors (Lipinski definition) is 0. The van der Waals surface area contributed by atoms with Gasteiger partial charge >= 0.3 is 0 Å². The van der Waals surface area contributed by atoms with Gasteiger partial charge in [0.05, 0.1) is 11.9 Å². The molecule has 0 N–H and O–H groups in total. The fourth-order valence-electron chi connectivity index (χ4n) is 1.25. The fourth-order valence-corrected chi connectivity index (χ4v) is 1.25. The first-order chi connectivity index (χ1) is 7.36. The summed E-state index contributed by atoms with van der Waals surface area (Å²) in [6.07, 6.45) is 5.16. The minimum Gasteiger partial charge on any atom is -0.261 e. The van der Waals surface area contributed by atoms with E-state index in [2.05, 4.69) is 29.0 Å². The van der Waals surface area contributed by atoms with Crippen LogP contribution in [0.15, 0.2) is 42.9 Å². The van der Waals surface area contributed by atoms with Crippen molar-refractivity contribution < 1.29 is 0 Å². The van der Waals surface area contributed by atoms with Crippen molar-refractivity contribution in [1.29, 1.82) is 0 Å². The Hall–Kier alpha value is -1.70. The van der Waals surface area contributed by atoms with Crippen molar-refractivity contribution in [3.63, 3.8) is 0 Å². The van der Waals surface area contributed by atoms with E-state index in [9.17, 15) is 0 Å². The van der Waals surface area contributed by atoms with Gasteiger partial charge in [-0.2, -0.15) is 0 Å². The Balaban J connectivity index is 0.000000531. The summed E-state index contributed by atoms with van der Waals surface area (Å²) in [5, 5.41) is 0. The summed E-state index contributed by atoms with van der Waals surface area (Å²) in [6, 6.07) is 8.24. The lowest BCUT2D eigenvalue weighted by Crippen LogP contribution is -1.84. The standard InChI is InChI=1S/C11H10N2.C2H6/c1-9-3-2-4-10(7-9)11-8-12-5-6-13-11;1-2/h2-8H,1H3;1-2H3. The van der Waals surface area contributed by atoms with E-state index in [1.54, 1.807) is 18.6 Å². The number of benzene rings is 1. The van der Waals surface area contributed by atoms with E-state index in [1.807, 2.05) is 26.0 Å². The molecule has 1 heterocycles. The summed E-state index contributed by atoms with van der Waals surface area (Å²) in [5.74, 6) is 0. The molecule has 2 heteroatoms. The molecular weight excluding hydrogens is 184 g/mol. The minimum absolute atomic E-state index is 0.922. The molecular formula is C13H16N2. The van der Waals surface area contributed by atoms with E-state index in [-0.39, 0.29) is 0 Å². The zero-order valence-electron chi connectivity index (χ0n) is 9.44. The maximum Gasteiger partial charge on any atom is 0.0885 e. The SMILES string of the molecule is CC.Cc1cccc(-c2cnccn2)c1. The predicted octanol–water partition coefficient (Wildman–Crippen LogP) is 3.48. The van der Waals surface area contributed by atoms with Crippen molar-refractivity contribution in [2.45, 2.75) is 20.8 Å². The molecule has 0 radical (unpaired) electrons. The molecule has 0 fully saturated rings. The Morgan fingerprint density at radius 2 is 1.87 bits per heavy atom. The molecule has 2 aromatic rings. The van der Waals surface area contributed by atoms with Crippen LogP contribution in [0.25, 0.3) is 11.3 Å². The number of nitrogens with zero attached hydrogens (tertiary/aromatic N) is 2. The third-order valence-electron chi connectivity index (χ3n) is 1.88. The van der Waals surface area contributed by atoms with Gasteiger partial charge in [0, 0.05) is 18.0 Å². The lowest BCUT2D eigenvalue weighted by atomic mass is 10.1. The normalized spacial score (nSPS) is 9.00. The molecule has 0 saturated carbocycles. The predicted molar refractivity (Wildman–Crippen MR) is 63.6 cm³/mol. The van der Waals surface area contributed by atoms with Crippen LogP contribution < -0.4 is 0 Å². The molecule has 78 valence electrons. The highest BCUT2D eigenvalue weighted by Gasteiger charge is 1.96. The highest BCUT2D eigenvalue weighted by atomic mass is 14.8. The molecule has 0 spiro atoms.